The van der Waals surface area contributed by atoms with Gasteiger partial charge in [0.15, 0.2) is 0 Å². The van der Waals surface area contributed by atoms with E-state index in [0.29, 0.717) is 11.3 Å². The number of ether oxygens (including phenoxy) is 1. The summed E-state index contributed by atoms with van der Waals surface area (Å²) in [6.45, 7) is 12.3. The molecule has 0 saturated heterocycles. The Morgan fingerprint density at radius 2 is 1.71 bits per heavy atom. The predicted molar refractivity (Wildman–Crippen MR) is 69.6 cm³/mol. The first-order chi connectivity index (χ1) is 7.41. The van der Waals surface area contributed by atoms with Gasteiger partial charge in [-0.25, -0.2) is 0 Å². The van der Waals surface area contributed by atoms with Gasteiger partial charge in [-0.2, -0.15) is 0 Å². The van der Waals surface area contributed by atoms with Crippen LogP contribution in [0.5, 0.6) is 0 Å². The van der Waals surface area contributed by atoms with Crippen molar-refractivity contribution in [1.82, 2.24) is 0 Å². The van der Waals surface area contributed by atoms with Gasteiger partial charge in [0, 0.05) is 0 Å². The molecule has 0 amide bonds. The molecule has 0 atom stereocenters. The highest BCUT2D eigenvalue weighted by molar-refractivity contribution is 5.82. The van der Waals surface area contributed by atoms with Gasteiger partial charge in [0.1, 0.15) is 11.1 Å². The summed E-state index contributed by atoms with van der Waals surface area (Å²) in [6, 6.07) is 0. The lowest BCUT2D eigenvalue weighted by Gasteiger charge is -2.45. The molecular formula is C14H27NO2. The van der Waals surface area contributed by atoms with Gasteiger partial charge in [0.25, 0.3) is 0 Å². The summed E-state index contributed by atoms with van der Waals surface area (Å²) in [6.07, 6.45) is 2.65. The van der Waals surface area contributed by atoms with Gasteiger partial charge in [0.05, 0.1) is 0 Å². The largest absolute Gasteiger partial charge is 0.459 e. The molecule has 1 saturated carbocycles. The van der Waals surface area contributed by atoms with Crippen molar-refractivity contribution in [2.45, 2.75) is 71.9 Å². The van der Waals surface area contributed by atoms with Gasteiger partial charge in [-0.15, -0.1) is 0 Å². The molecule has 1 rings (SSSR count). The van der Waals surface area contributed by atoms with Crippen LogP contribution in [0.25, 0.3) is 0 Å². The maximum Gasteiger partial charge on any atom is 0.326 e. The van der Waals surface area contributed by atoms with Gasteiger partial charge in [0.2, 0.25) is 0 Å². The molecule has 0 radical (unpaired) electrons. The van der Waals surface area contributed by atoms with Crippen LogP contribution < -0.4 is 5.73 Å². The standard InChI is InChI=1S/C14H27NO2/c1-12(2,3)7-10-8-14(15,9-10)11(16)17-13(4,5)6/h10H,7-9,15H2,1-6H3. The second kappa shape index (κ2) is 4.27. The average Bonchev–Trinajstić information content (AvgIpc) is 1.94. The first-order valence-electron chi connectivity index (χ1n) is 6.44. The van der Waals surface area contributed by atoms with Crippen LogP contribution in [0.1, 0.15) is 60.8 Å². The van der Waals surface area contributed by atoms with Gasteiger partial charge < -0.3 is 10.5 Å². The smallest absolute Gasteiger partial charge is 0.326 e. The molecule has 3 heteroatoms. The van der Waals surface area contributed by atoms with E-state index in [4.69, 9.17) is 10.5 Å². The third kappa shape index (κ3) is 4.30. The van der Waals surface area contributed by atoms with Crippen molar-refractivity contribution in [3.05, 3.63) is 0 Å². The van der Waals surface area contributed by atoms with Crippen LogP contribution in [-0.4, -0.2) is 17.1 Å². The van der Waals surface area contributed by atoms with E-state index in [1.165, 1.54) is 0 Å². The maximum atomic E-state index is 11.9. The molecule has 0 unspecified atom stereocenters. The summed E-state index contributed by atoms with van der Waals surface area (Å²) in [7, 11) is 0. The summed E-state index contributed by atoms with van der Waals surface area (Å²) in [4.78, 5) is 11.9. The van der Waals surface area contributed by atoms with Crippen LogP contribution in [0.3, 0.4) is 0 Å². The molecule has 0 bridgehead atoms. The number of rotatable bonds is 2. The third-order valence-electron chi connectivity index (χ3n) is 3.01. The fraction of sp³-hybridized carbons (Fsp3) is 0.929. The number of esters is 1. The van der Waals surface area contributed by atoms with Crippen LogP contribution in [0.4, 0.5) is 0 Å². The summed E-state index contributed by atoms with van der Waals surface area (Å²) < 4.78 is 5.36. The third-order valence-corrected chi connectivity index (χ3v) is 3.01. The summed E-state index contributed by atoms with van der Waals surface area (Å²) in [5, 5.41) is 0. The van der Waals surface area contributed by atoms with Crippen LogP contribution in [0.2, 0.25) is 0 Å². The Morgan fingerprint density at radius 1 is 1.24 bits per heavy atom. The molecule has 0 aromatic carbocycles. The first-order valence-corrected chi connectivity index (χ1v) is 6.44. The lowest BCUT2D eigenvalue weighted by atomic mass is 9.64. The van der Waals surface area contributed by atoms with Crippen LogP contribution >= 0.6 is 0 Å². The maximum absolute atomic E-state index is 11.9. The molecule has 0 spiro atoms. The zero-order chi connectivity index (χ0) is 13.5. The highest BCUT2D eigenvalue weighted by atomic mass is 16.6. The molecule has 0 aromatic rings. The predicted octanol–water partition coefficient (Wildman–Crippen LogP) is 2.87. The van der Waals surface area contributed by atoms with E-state index in [1.807, 2.05) is 20.8 Å². The Bertz CT molecular complexity index is 290. The van der Waals surface area contributed by atoms with E-state index in [2.05, 4.69) is 20.8 Å². The molecule has 1 fully saturated rings. The van der Waals surface area contributed by atoms with Crippen molar-refractivity contribution < 1.29 is 9.53 Å². The van der Waals surface area contributed by atoms with E-state index in [-0.39, 0.29) is 5.97 Å². The van der Waals surface area contributed by atoms with Crippen LogP contribution in [0.15, 0.2) is 0 Å². The van der Waals surface area contributed by atoms with Crippen molar-refractivity contribution in [2.24, 2.45) is 17.1 Å². The molecule has 0 aliphatic heterocycles. The Morgan fingerprint density at radius 3 is 2.06 bits per heavy atom. The summed E-state index contributed by atoms with van der Waals surface area (Å²) >= 11 is 0. The molecular weight excluding hydrogens is 214 g/mol. The van der Waals surface area contributed by atoms with E-state index in [0.717, 1.165) is 19.3 Å². The fourth-order valence-corrected chi connectivity index (χ4v) is 2.53. The Labute approximate surface area is 105 Å². The minimum atomic E-state index is -0.733. The topological polar surface area (TPSA) is 52.3 Å². The first kappa shape index (κ1) is 14.5. The summed E-state index contributed by atoms with van der Waals surface area (Å²) in [5.74, 6) is 0.322. The number of hydrogen-bond acceptors (Lipinski definition) is 3. The van der Waals surface area contributed by atoms with Gasteiger partial charge >= 0.3 is 5.97 Å². The average molecular weight is 241 g/mol. The van der Waals surface area contributed by atoms with Gasteiger partial charge in [-0.05, 0) is 51.4 Å². The summed E-state index contributed by atoms with van der Waals surface area (Å²) in [5.41, 5.74) is 5.21. The van der Waals surface area contributed by atoms with Gasteiger partial charge in [-0.3, -0.25) is 4.79 Å². The van der Waals surface area contributed by atoms with Crippen LogP contribution in [-0.2, 0) is 9.53 Å². The second-order valence-electron chi connectivity index (χ2n) is 7.70. The normalized spacial score (nSPS) is 29.7. The van der Waals surface area contributed by atoms with E-state index in [9.17, 15) is 4.79 Å². The number of carbonyl (C=O) groups is 1. The van der Waals surface area contributed by atoms with E-state index < -0.39 is 11.1 Å². The molecule has 0 aromatic heterocycles. The molecule has 100 valence electrons. The highest BCUT2D eigenvalue weighted by Crippen LogP contribution is 2.43. The molecule has 1 aliphatic rings. The fourth-order valence-electron chi connectivity index (χ4n) is 2.53. The van der Waals surface area contributed by atoms with Crippen LogP contribution in [0, 0.1) is 11.3 Å². The highest BCUT2D eigenvalue weighted by Gasteiger charge is 2.49. The minimum absolute atomic E-state index is 0.241. The molecule has 0 heterocycles. The second-order valence-corrected chi connectivity index (χ2v) is 7.70. The lowest BCUT2D eigenvalue weighted by Crippen LogP contribution is -2.60. The minimum Gasteiger partial charge on any atom is -0.459 e. The van der Waals surface area contributed by atoms with Gasteiger partial charge in [-0.1, -0.05) is 20.8 Å². The van der Waals surface area contributed by atoms with Crippen molar-refractivity contribution in [2.75, 3.05) is 0 Å². The molecule has 1 aliphatic carbocycles. The zero-order valence-corrected chi connectivity index (χ0v) is 12.1. The van der Waals surface area contributed by atoms with Crippen molar-refractivity contribution in [3.8, 4) is 0 Å². The Kier molecular flexibility index (Phi) is 3.64. The quantitative estimate of drug-likeness (QED) is 0.756. The van der Waals surface area contributed by atoms with Crippen molar-refractivity contribution >= 4 is 5.97 Å². The molecule has 3 nitrogen and oxygen atoms in total. The monoisotopic (exact) mass is 241 g/mol. The number of carbonyl (C=O) groups excluding carboxylic acids is 1. The van der Waals surface area contributed by atoms with Crippen molar-refractivity contribution in [3.63, 3.8) is 0 Å². The molecule has 17 heavy (non-hydrogen) atoms. The SMILES string of the molecule is CC(C)(C)CC1CC(N)(C(=O)OC(C)(C)C)C1. The Hall–Kier alpha value is -0.570. The van der Waals surface area contributed by atoms with E-state index in [1.54, 1.807) is 0 Å². The van der Waals surface area contributed by atoms with Crippen molar-refractivity contribution in [1.29, 1.82) is 0 Å². The lowest BCUT2D eigenvalue weighted by molar-refractivity contribution is -0.168. The number of nitrogens with two attached hydrogens (primary N) is 1. The zero-order valence-electron chi connectivity index (χ0n) is 12.1. The van der Waals surface area contributed by atoms with E-state index >= 15 is 0 Å². The number of hydrogen-bond donors (Lipinski definition) is 1. The Balaban J connectivity index is 2.46. The molecule has 2 N–H and O–H groups in total.